The summed E-state index contributed by atoms with van der Waals surface area (Å²) in [6.07, 6.45) is 3.66. The van der Waals surface area contributed by atoms with Gasteiger partial charge in [0.05, 0.1) is 11.7 Å². The van der Waals surface area contributed by atoms with Crippen molar-refractivity contribution in [2.75, 3.05) is 0 Å². The van der Waals surface area contributed by atoms with Crippen LogP contribution in [-0.2, 0) is 6.54 Å². The monoisotopic (exact) mass is 238 g/mol. The van der Waals surface area contributed by atoms with E-state index < -0.39 is 0 Å². The van der Waals surface area contributed by atoms with Crippen LogP contribution >= 0.6 is 0 Å². The number of rotatable bonds is 2. The number of nitrogens with two attached hydrogens (primary N) is 1. The van der Waals surface area contributed by atoms with Crippen LogP contribution in [0.4, 0.5) is 0 Å². The van der Waals surface area contributed by atoms with Crippen LogP contribution in [0.2, 0.25) is 0 Å². The van der Waals surface area contributed by atoms with Gasteiger partial charge in [-0.15, -0.1) is 0 Å². The number of nitrogens with zero attached hydrogens (tertiary/aromatic N) is 3. The molecule has 18 heavy (non-hydrogen) atoms. The molecule has 0 aliphatic carbocycles. The Morgan fingerprint density at radius 1 is 1.22 bits per heavy atom. The minimum atomic E-state index is 0.508. The molecule has 0 aliphatic rings. The summed E-state index contributed by atoms with van der Waals surface area (Å²) >= 11 is 0. The van der Waals surface area contributed by atoms with Gasteiger partial charge in [-0.25, -0.2) is 9.67 Å². The largest absolute Gasteiger partial charge is 0.326 e. The second kappa shape index (κ2) is 4.23. The number of benzene rings is 1. The molecule has 0 saturated carbocycles. The number of fused-ring (bicyclic) bond motifs is 1. The molecule has 4 nitrogen and oxygen atoms in total. The molecule has 2 heterocycles. The molecular weight excluding hydrogens is 224 g/mol. The second-order valence-corrected chi connectivity index (χ2v) is 4.30. The van der Waals surface area contributed by atoms with Gasteiger partial charge in [0, 0.05) is 18.1 Å². The first-order valence-electron chi connectivity index (χ1n) is 5.88. The van der Waals surface area contributed by atoms with Gasteiger partial charge in [-0.05, 0) is 30.2 Å². The Morgan fingerprint density at radius 3 is 2.83 bits per heavy atom. The first kappa shape index (κ1) is 10.9. The molecule has 2 N–H and O–H groups in total. The lowest BCUT2D eigenvalue weighted by atomic mass is 10.2. The van der Waals surface area contributed by atoms with Gasteiger partial charge in [-0.1, -0.05) is 18.2 Å². The maximum absolute atomic E-state index is 5.62. The molecule has 2 aromatic heterocycles. The van der Waals surface area contributed by atoms with Crippen LogP contribution in [0.5, 0.6) is 0 Å². The molecule has 0 unspecified atom stereocenters. The van der Waals surface area contributed by atoms with Crippen LogP contribution in [0.25, 0.3) is 16.7 Å². The smallest absolute Gasteiger partial charge is 0.156 e. The zero-order valence-corrected chi connectivity index (χ0v) is 10.2. The average molecular weight is 238 g/mol. The zero-order valence-electron chi connectivity index (χ0n) is 10.2. The van der Waals surface area contributed by atoms with Crippen molar-refractivity contribution >= 4 is 10.9 Å². The van der Waals surface area contributed by atoms with Crippen molar-refractivity contribution in [1.82, 2.24) is 14.8 Å². The van der Waals surface area contributed by atoms with Gasteiger partial charge in [-0.3, -0.25) is 0 Å². The third-order valence-electron chi connectivity index (χ3n) is 3.02. The fourth-order valence-corrected chi connectivity index (χ4v) is 2.10. The lowest BCUT2D eigenvalue weighted by molar-refractivity contribution is 0.858. The number of hydrogen-bond donors (Lipinski definition) is 1. The summed E-state index contributed by atoms with van der Waals surface area (Å²) in [6.45, 7) is 2.53. The minimum Gasteiger partial charge on any atom is -0.326 e. The highest BCUT2D eigenvalue weighted by atomic mass is 15.3. The highest BCUT2D eigenvalue weighted by Gasteiger charge is 2.08. The lowest BCUT2D eigenvalue weighted by Gasteiger charge is -2.07. The summed E-state index contributed by atoms with van der Waals surface area (Å²) in [6, 6.07) is 10.2. The number of pyridine rings is 1. The summed E-state index contributed by atoms with van der Waals surface area (Å²) in [5.41, 5.74) is 8.79. The number of aryl methyl sites for hydroxylation is 1. The quantitative estimate of drug-likeness (QED) is 0.744. The summed E-state index contributed by atoms with van der Waals surface area (Å²) in [4.78, 5) is 4.46. The van der Waals surface area contributed by atoms with Gasteiger partial charge in [-0.2, -0.15) is 5.10 Å². The number of hydrogen-bond acceptors (Lipinski definition) is 3. The molecule has 0 saturated heterocycles. The van der Waals surface area contributed by atoms with E-state index in [1.54, 1.807) is 6.20 Å². The standard InChI is InChI=1S/C14H14N4/c1-10-6-11(7-15)8-16-14(10)18-13-5-3-2-4-12(13)9-17-18/h2-6,8-9H,7,15H2,1H3. The Morgan fingerprint density at radius 2 is 2.06 bits per heavy atom. The van der Waals surface area contributed by atoms with Gasteiger partial charge in [0.2, 0.25) is 0 Å². The van der Waals surface area contributed by atoms with E-state index in [0.29, 0.717) is 6.54 Å². The summed E-state index contributed by atoms with van der Waals surface area (Å²) in [5.74, 6) is 0.855. The SMILES string of the molecule is Cc1cc(CN)cnc1-n1ncc2ccccc21. The van der Waals surface area contributed by atoms with Crippen molar-refractivity contribution in [3.8, 4) is 5.82 Å². The van der Waals surface area contributed by atoms with Crippen molar-refractivity contribution in [3.05, 3.63) is 53.9 Å². The molecule has 0 bridgehead atoms. The van der Waals surface area contributed by atoms with Crippen molar-refractivity contribution in [3.63, 3.8) is 0 Å². The van der Waals surface area contributed by atoms with Crippen LogP contribution in [0, 0.1) is 6.92 Å². The first-order chi connectivity index (χ1) is 8.79. The maximum Gasteiger partial charge on any atom is 0.156 e. The first-order valence-corrected chi connectivity index (χ1v) is 5.88. The molecule has 3 rings (SSSR count). The molecular formula is C14H14N4. The highest BCUT2D eigenvalue weighted by molar-refractivity contribution is 5.79. The molecule has 90 valence electrons. The van der Waals surface area contributed by atoms with Gasteiger partial charge >= 0.3 is 0 Å². The maximum atomic E-state index is 5.62. The lowest BCUT2D eigenvalue weighted by Crippen LogP contribution is -2.05. The van der Waals surface area contributed by atoms with Crippen molar-refractivity contribution in [1.29, 1.82) is 0 Å². The Bertz CT molecular complexity index is 700. The van der Waals surface area contributed by atoms with Crippen molar-refractivity contribution in [2.24, 2.45) is 5.73 Å². The molecule has 3 aromatic rings. The van der Waals surface area contributed by atoms with Gasteiger partial charge < -0.3 is 5.73 Å². The Kier molecular flexibility index (Phi) is 2.57. The molecule has 0 atom stereocenters. The third kappa shape index (κ3) is 1.67. The molecule has 4 heteroatoms. The normalized spacial score (nSPS) is 11.0. The van der Waals surface area contributed by atoms with E-state index in [1.807, 2.05) is 42.1 Å². The van der Waals surface area contributed by atoms with E-state index >= 15 is 0 Å². The second-order valence-electron chi connectivity index (χ2n) is 4.30. The van der Waals surface area contributed by atoms with Crippen LogP contribution in [0.1, 0.15) is 11.1 Å². The Labute approximate surface area is 105 Å². The minimum absolute atomic E-state index is 0.508. The van der Waals surface area contributed by atoms with Crippen LogP contribution in [0.15, 0.2) is 42.7 Å². The molecule has 0 amide bonds. The third-order valence-corrected chi connectivity index (χ3v) is 3.02. The van der Waals surface area contributed by atoms with Crippen LogP contribution in [-0.4, -0.2) is 14.8 Å². The topological polar surface area (TPSA) is 56.7 Å². The highest BCUT2D eigenvalue weighted by Crippen LogP contribution is 2.19. The number of para-hydroxylation sites is 1. The van der Waals surface area contributed by atoms with Crippen molar-refractivity contribution < 1.29 is 0 Å². The Hall–Kier alpha value is -2.20. The van der Waals surface area contributed by atoms with E-state index in [-0.39, 0.29) is 0 Å². The van der Waals surface area contributed by atoms with E-state index in [1.165, 1.54) is 0 Å². The van der Waals surface area contributed by atoms with E-state index in [2.05, 4.69) is 16.1 Å². The average Bonchev–Trinajstić information content (AvgIpc) is 2.82. The van der Waals surface area contributed by atoms with Gasteiger partial charge in [0.1, 0.15) is 0 Å². The van der Waals surface area contributed by atoms with Crippen LogP contribution in [0.3, 0.4) is 0 Å². The van der Waals surface area contributed by atoms with E-state index in [9.17, 15) is 0 Å². The molecule has 0 aliphatic heterocycles. The predicted octanol–water partition coefficient (Wildman–Crippen LogP) is 2.19. The van der Waals surface area contributed by atoms with E-state index in [4.69, 9.17) is 5.73 Å². The summed E-state index contributed by atoms with van der Waals surface area (Å²) in [7, 11) is 0. The molecule has 1 aromatic carbocycles. The Balaban J connectivity index is 2.20. The fraction of sp³-hybridized carbons (Fsp3) is 0.143. The van der Waals surface area contributed by atoms with Crippen LogP contribution < -0.4 is 5.73 Å². The number of aromatic nitrogens is 3. The fourth-order valence-electron chi connectivity index (χ4n) is 2.10. The molecule has 0 spiro atoms. The predicted molar refractivity (Wildman–Crippen MR) is 71.5 cm³/mol. The van der Waals surface area contributed by atoms with Crippen molar-refractivity contribution in [2.45, 2.75) is 13.5 Å². The summed E-state index contributed by atoms with van der Waals surface area (Å²) < 4.78 is 1.87. The summed E-state index contributed by atoms with van der Waals surface area (Å²) in [5, 5.41) is 5.52. The zero-order chi connectivity index (χ0) is 12.5. The molecule has 0 fully saturated rings. The molecule has 0 radical (unpaired) electrons. The van der Waals surface area contributed by atoms with E-state index in [0.717, 1.165) is 27.8 Å². The van der Waals surface area contributed by atoms with Gasteiger partial charge in [0.15, 0.2) is 5.82 Å². The van der Waals surface area contributed by atoms with Gasteiger partial charge in [0.25, 0.3) is 0 Å².